The summed E-state index contributed by atoms with van der Waals surface area (Å²) >= 11 is 0. The lowest BCUT2D eigenvalue weighted by Gasteiger charge is -2.24. The molecule has 3 heterocycles. The zero-order valence-corrected chi connectivity index (χ0v) is 14.4. The number of aryl methyl sites for hydroxylation is 2. The molecule has 0 bridgehead atoms. The van der Waals surface area contributed by atoms with Gasteiger partial charge >= 0.3 is 0 Å². The van der Waals surface area contributed by atoms with E-state index in [1.54, 1.807) is 0 Å². The number of nitrogens with zero attached hydrogens (tertiary/aromatic N) is 3. The molecule has 2 atom stereocenters. The van der Waals surface area contributed by atoms with Crippen LogP contribution in [0.3, 0.4) is 0 Å². The predicted octanol–water partition coefficient (Wildman–Crippen LogP) is 1.93. The maximum absolute atomic E-state index is 9.82. The first-order valence-corrected chi connectivity index (χ1v) is 8.63. The van der Waals surface area contributed by atoms with E-state index >= 15 is 0 Å². The average molecular weight is 327 g/mol. The highest BCUT2D eigenvalue weighted by Gasteiger charge is 2.50. The second-order valence-electron chi connectivity index (χ2n) is 7.41. The van der Waals surface area contributed by atoms with Crippen molar-refractivity contribution in [3.8, 4) is 5.69 Å². The summed E-state index contributed by atoms with van der Waals surface area (Å²) in [5.41, 5.74) is 4.53. The lowest BCUT2D eigenvalue weighted by molar-refractivity contribution is 0.0803. The van der Waals surface area contributed by atoms with Gasteiger partial charge in [0.2, 0.25) is 0 Å². The normalized spacial score (nSPS) is 26.9. The molecule has 5 heteroatoms. The third-order valence-electron chi connectivity index (χ3n) is 5.48. The minimum atomic E-state index is -0.0483. The minimum absolute atomic E-state index is 0.0483. The standard InChI is InChI=1S/C19H25N3O2/c1-14-6-15(2)22(20-14)18-5-3-4-16(7-18)8-21-9-17-10-24-13-19(17,11-21)12-23/h3-7,17,23H,8-13H2,1-2H3/t17-,19-/m0/s1. The van der Waals surface area contributed by atoms with Crippen LogP contribution >= 0.6 is 0 Å². The summed E-state index contributed by atoms with van der Waals surface area (Å²) in [6.45, 7) is 8.62. The van der Waals surface area contributed by atoms with Crippen LogP contribution in [0.4, 0.5) is 0 Å². The first-order valence-electron chi connectivity index (χ1n) is 8.63. The summed E-state index contributed by atoms with van der Waals surface area (Å²) in [7, 11) is 0. The summed E-state index contributed by atoms with van der Waals surface area (Å²) in [6.07, 6.45) is 0. The zero-order chi connectivity index (χ0) is 16.7. The van der Waals surface area contributed by atoms with Crippen molar-refractivity contribution in [2.24, 2.45) is 11.3 Å². The van der Waals surface area contributed by atoms with Crippen molar-refractivity contribution in [1.29, 1.82) is 0 Å². The quantitative estimate of drug-likeness (QED) is 0.932. The van der Waals surface area contributed by atoms with Crippen LogP contribution in [-0.4, -0.2) is 52.7 Å². The van der Waals surface area contributed by atoms with Gasteiger partial charge in [-0.1, -0.05) is 12.1 Å². The number of ether oxygens (including phenoxy) is 1. The van der Waals surface area contributed by atoms with Crippen molar-refractivity contribution in [3.05, 3.63) is 47.3 Å². The molecule has 2 fully saturated rings. The first kappa shape index (κ1) is 15.8. The number of fused-ring (bicyclic) bond motifs is 1. The van der Waals surface area contributed by atoms with E-state index in [2.05, 4.69) is 47.3 Å². The molecule has 5 nitrogen and oxygen atoms in total. The Morgan fingerprint density at radius 1 is 1.33 bits per heavy atom. The van der Waals surface area contributed by atoms with Crippen LogP contribution in [0.1, 0.15) is 17.0 Å². The molecule has 2 saturated heterocycles. The first-order chi connectivity index (χ1) is 11.6. The Kier molecular flexibility index (Phi) is 3.95. The highest BCUT2D eigenvalue weighted by atomic mass is 16.5. The molecule has 1 N–H and O–H groups in total. The molecule has 0 unspecified atom stereocenters. The molecular weight excluding hydrogens is 302 g/mol. The Morgan fingerprint density at radius 2 is 2.21 bits per heavy atom. The summed E-state index contributed by atoms with van der Waals surface area (Å²) in [5.74, 6) is 0.460. The summed E-state index contributed by atoms with van der Waals surface area (Å²) in [4.78, 5) is 2.45. The van der Waals surface area contributed by atoms with Gasteiger partial charge in [-0.25, -0.2) is 4.68 Å². The lowest BCUT2D eigenvalue weighted by atomic mass is 9.82. The van der Waals surface area contributed by atoms with Crippen LogP contribution in [0, 0.1) is 25.2 Å². The van der Waals surface area contributed by atoms with Crippen LogP contribution in [0.2, 0.25) is 0 Å². The number of hydrogen-bond donors (Lipinski definition) is 1. The molecular formula is C19H25N3O2. The Balaban J connectivity index is 1.52. The fraction of sp³-hybridized carbons (Fsp3) is 0.526. The van der Waals surface area contributed by atoms with Gasteiger partial charge in [-0.15, -0.1) is 0 Å². The molecule has 2 aliphatic rings. The molecule has 4 rings (SSSR count). The molecule has 0 amide bonds. The van der Waals surface area contributed by atoms with Crippen molar-refractivity contribution in [2.45, 2.75) is 20.4 Å². The minimum Gasteiger partial charge on any atom is -0.396 e. The Hall–Kier alpha value is -1.69. The number of aliphatic hydroxyl groups is 1. The van der Waals surface area contributed by atoms with Gasteiger partial charge in [0.05, 0.1) is 31.2 Å². The van der Waals surface area contributed by atoms with Gasteiger partial charge in [0.15, 0.2) is 0 Å². The van der Waals surface area contributed by atoms with Crippen LogP contribution in [0.25, 0.3) is 5.69 Å². The van der Waals surface area contributed by atoms with Gasteiger partial charge in [0, 0.05) is 36.7 Å². The number of rotatable bonds is 4. The van der Waals surface area contributed by atoms with Crippen molar-refractivity contribution >= 4 is 0 Å². The smallest absolute Gasteiger partial charge is 0.0651 e. The van der Waals surface area contributed by atoms with Crippen molar-refractivity contribution in [3.63, 3.8) is 0 Å². The predicted molar refractivity (Wildman–Crippen MR) is 92.1 cm³/mol. The van der Waals surface area contributed by atoms with Gasteiger partial charge in [0.25, 0.3) is 0 Å². The maximum atomic E-state index is 9.82. The van der Waals surface area contributed by atoms with Crippen molar-refractivity contribution in [2.75, 3.05) is 32.9 Å². The fourth-order valence-electron chi connectivity index (χ4n) is 4.22. The number of aromatic nitrogens is 2. The molecule has 1 aromatic carbocycles. The topological polar surface area (TPSA) is 50.5 Å². The van der Waals surface area contributed by atoms with Crippen LogP contribution in [0.15, 0.2) is 30.3 Å². The van der Waals surface area contributed by atoms with Gasteiger partial charge in [-0.05, 0) is 37.6 Å². The SMILES string of the molecule is Cc1cc(C)n(-c2cccc(CN3C[C@H]4COC[C@@]4(CO)C3)c2)n1. The van der Waals surface area contributed by atoms with Crippen molar-refractivity contribution < 1.29 is 9.84 Å². The molecule has 1 aromatic heterocycles. The summed E-state index contributed by atoms with van der Waals surface area (Å²) in [5, 5.41) is 14.4. The zero-order valence-electron chi connectivity index (χ0n) is 14.4. The molecule has 0 aliphatic carbocycles. The third-order valence-corrected chi connectivity index (χ3v) is 5.48. The van der Waals surface area contributed by atoms with E-state index in [4.69, 9.17) is 4.74 Å². The number of hydrogen-bond acceptors (Lipinski definition) is 4. The van der Waals surface area contributed by atoms with Crippen LogP contribution in [-0.2, 0) is 11.3 Å². The van der Waals surface area contributed by atoms with Gasteiger partial charge in [-0.2, -0.15) is 5.10 Å². The van der Waals surface area contributed by atoms with Gasteiger partial charge < -0.3 is 9.84 Å². The van der Waals surface area contributed by atoms with E-state index in [1.807, 2.05) is 11.6 Å². The molecule has 2 aliphatic heterocycles. The highest BCUT2D eigenvalue weighted by Crippen LogP contribution is 2.41. The Bertz CT molecular complexity index is 742. The maximum Gasteiger partial charge on any atom is 0.0651 e. The van der Waals surface area contributed by atoms with Crippen LogP contribution in [0.5, 0.6) is 0 Å². The summed E-state index contributed by atoms with van der Waals surface area (Å²) < 4.78 is 7.60. The largest absolute Gasteiger partial charge is 0.396 e. The van der Waals surface area contributed by atoms with E-state index in [0.29, 0.717) is 12.5 Å². The second kappa shape index (κ2) is 5.99. The Labute approximate surface area is 142 Å². The van der Waals surface area contributed by atoms with E-state index in [9.17, 15) is 5.11 Å². The van der Waals surface area contributed by atoms with Crippen LogP contribution < -0.4 is 0 Å². The number of benzene rings is 1. The summed E-state index contributed by atoms with van der Waals surface area (Å²) in [6, 6.07) is 10.7. The van der Waals surface area contributed by atoms with E-state index in [-0.39, 0.29) is 12.0 Å². The monoisotopic (exact) mass is 327 g/mol. The fourth-order valence-corrected chi connectivity index (χ4v) is 4.22. The molecule has 24 heavy (non-hydrogen) atoms. The van der Waals surface area contributed by atoms with E-state index < -0.39 is 0 Å². The number of aliphatic hydroxyl groups excluding tert-OH is 1. The van der Waals surface area contributed by atoms with Gasteiger partial charge in [0.1, 0.15) is 0 Å². The Morgan fingerprint density at radius 3 is 2.92 bits per heavy atom. The van der Waals surface area contributed by atoms with E-state index in [0.717, 1.165) is 43.3 Å². The second-order valence-corrected chi connectivity index (χ2v) is 7.41. The number of likely N-dealkylation sites (tertiary alicyclic amines) is 1. The molecule has 128 valence electrons. The third kappa shape index (κ3) is 2.66. The molecule has 0 radical (unpaired) electrons. The lowest BCUT2D eigenvalue weighted by Crippen LogP contribution is -2.34. The average Bonchev–Trinajstić information content (AvgIpc) is 3.19. The molecule has 0 saturated carbocycles. The van der Waals surface area contributed by atoms with Gasteiger partial charge in [-0.3, -0.25) is 4.90 Å². The van der Waals surface area contributed by atoms with Crippen molar-refractivity contribution in [1.82, 2.24) is 14.7 Å². The molecule has 2 aromatic rings. The van der Waals surface area contributed by atoms with E-state index in [1.165, 1.54) is 5.56 Å². The molecule has 0 spiro atoms. The highest BCUT2D eigenvalue weighted by molar-refractivity contribution is 5.37.